The van der Waals surface area contributed by atoms with Gasteiger partial charge in [-0.05, 0) is 25.7 Å². The van der Waals surface area contributed by atoms with Crippen LogP contribution in [0.5, 0.6) is 0 Å². The SMILES string of the molecule is CCOCCCCCC(=O)N1CCN(CC(C)C)CC1. The van der Waals surface area contributed by atoms with Gasteiger partial charge in [0.2, 0.25) is 5.91 Å². The molecular formula is C16H32N2O2. The fraction of sp³-hybridized carbons (Fsp3) is 0.938. The van der Waals surface area contributed by atoms with Crippen molar-refractivity contribution < 1.29 is 9.53 Å². The van der Waals surface area contributed by atoms with E-state index in [2.05, 4.69) is 18.7 Å². The molecule has 20 heavy (non-hydrogen) atoms. The molecule has 4 nitrogen and oxygen atoms in total. The average molecular weight is 284 g/mol. The van der Waals surface area contributed by atoms with Crippen LogP contribution in [-0.2, 0) is 9.53 Å². The zero-order valence-corrected chi connectivity index (χ0v) is 13.6. The number of hydrogen-bond acceptors (Lipinski definition) is 3. The molecule has 1 aliphatic heterocycles. The molecule has 0 radical (unpaired) electrons. The highest BCUT2D eigenvalue weighted by molar-refractivity contribution is 5.76. The highest BCUT2D eigenvalue weighted by Crippen LogP contribution is 2.09. The Morgan fingerprint density at radius 2 is 1.80 bits per heavy atom. The molecule has 1 rings (SSSR count). The topological polar surface area (TPSA) is 32.8 Å². The van der Waals surface area contributed by atoms with Crippen molar-refractivity contribution in [3.63, 3.8) is 0 Å². The van der Waals surface area contributed by atoms with E-state index >= 15 is 0 Å². The summed E-state index contributed by atoms with van der Waals surface area (Å²) in [4.78, 5) is 16.6. The first-order valence-electron chi connectivity index (χ1n) is 8.21. The number of hydrogen-bond donors (Lipinski definition) is 0. The van der Waals surface area contributed by atoms with Crippen LogP contribution in [0, 0.1) is 5.92 Å². The number of unbranched alkanes of at least 4 members (excludes halogenated alkanes) is 2. The molecule has 4 heteroatoms. The highest BCUT2D eigenvalue weighted by Gasteiger charge is 2.20. The summed E-state index contributed by atoms with van der Waals surface area (Å²) in [6, 6.07) is 0. The van der Waals surface area contributed by atoms with Gasteiger partial charge in [0.15, 0.2) is 0 Å². The van der Waals surface area contributed by atoms with E-state index < -0.39 is 0 Å². The van der Waals surface area contributed by atoms with Crippen molar-refractivity contribution in [3.8, 4) is 0 Å². The summed E-state index contributed by atoms with van der Waals surface area (Å²) in [5.74, 6) is 1.05. The molecular weight excluding hydrogens is 252 g/mol. The summed E-state index contributed by atoms with van der Waals surface area (Å²) in [5.41, 5.74) is 0. The van der Waals surface area contributed by atoms with Gasteiger partial charge in [-0.3, -0.25) is 9.69 Å². The van der Waals surface area contributed by atoms with Crippen LogP contribution >= 0.6 is 0 Å². The first kappa shape index (κ1) is 17.4. The predicted octanol–water partition coefficient (Wildman–Crippen LogP) is 2.38. The maximum Gasteiger partial charge on any atom is 0.222 e. The van der Waals surface area contributed by atoms with Crippen molar-refractivity contribution in [2.75, 3.05) is 45.9 Å². The van der Waals surface area contributed by atoms with Crippen LogP contribution in [0.25, 0.3) is 0 Å². The second-order valence-electron chi connectivity index (χ2n) is 6.08. The fourth-order valence-corrected chi connectivity index (χ4v) is 2.66. The van der Waals surface area contributed by atoms with Crippen LogP contribution in [-0.4, -0.2) is 61.6 Å². The van der Waals surface area contributed by atoms with Gasteiger partial charge in [0, 0.05) is 52.4 Å². The molecule has 118 valence electrons. The minimum absolute atomic E-state index is 0.339. The molecule has 0 saturated carbocycles. The van der Waals surface area contributed by atoms with E-state index in [0.717, 1.165) is 65.2 Å². The van der Waals surface area contributed by atoms with Crippen LogP contribution in [0.2, 0.25) is 0 Å². The Balaban J connectivity index is 2.07. The largest absolute Gasteiger partial charge is 0.382 e. The van der Waals surface area contributed by atoms with E-state index in [4.69, 9.17) is 4.74 Å². The molecule has 1 aliphatic rings. The Hall–Kier alpha value is -0.610. The zero-order chi connectivity index (χ0) is 14.8. The summed E-state index contributed by atoms with van der Waals surface area (Å²) >= 11 is 0. The average Bonchev–Trinajstić information content (AvgIpc) is 2.42. The van der Waals surface area contributed by atoms with Crippen molar-refractivity contribution in [2.45, 2.75) is 46.5 Å². The van der Waals surface area contributed by atoms with E-state index in [-0.39, 0.29) is 0 Å². The lowest BCUT2D eigenvalue weighted by atomic mass is 10.1. The molecule has 0 aromatic heterocycles. The smallest absolute Gasteiger partial charge is 0.222 e. The number of amides is 1. The fourth-order valence-electron chi connectivity index (χ4n) is 2.66. The molecule has 0 aliphatic carbocycles. The van der Waals surface area contributed by atoms with Gasteiger partial charge in [-0.15, -0.1) is 0 Å². The van der Waals surface area contributed by atoms with Crippen molar-refractivity contribution in [1.29, 1.82) is 0 Å². The third kappa shape index (κ3) is 7.25. The maximum absolute atomic E-state index is 12.1. The third-order valence-electron chi connectivity index (χ3n) is 3.73. The Morgan fingerprint density at radius 3 is 2.40 bits per heavy atom. The van der Waals surface area contributed by atoms with Crippen LogP contribution in [0.4, 0.5) is 0 Å². The number of rotatable bonds is 9. The monoisotopic (exact) mass is 284 g/mol. The Labute approximate surface area is 124 Å². The van der Waals surface area contributed by atoms with Crippen molar-refractivity contribution in [1.82, 2.24) is 9.80 Å². The van der Waals surface area contributed by atoms with Gasteiger partial charge in [0.1, 0.15) is 0 Å². The van der Waals surface area contributed by atoms with Crippen LogP contribution in [0.1, 0.15) is 46.5 Å². The molecule has 0 bridgehead atoms. The lowest BCUT2D eigenvalue weighted by molar-refractivity contribution is -0.133. The molecule has 0 aromatic carbocycles. The first-order valence-corrected chi connectivity index (χ1v) is 8.21. The van der Waals surface area contributed by atoms with E-state index in [1.54, 1.807) is 0 Å². The Kier molecular flexibility index (Phi) is 8.86. The molecule has 1 amide bonds. The number of piperazine rings is 1. The molecule has 0 atom stereocenters. The summed E-state index contributed by atoms with van der Waals surface area (Å²) in [7, 11) is 0. The van der Waals surface area contributed by atoms with Crippen molar-refractivity contribution >= 4 is 5.91 Å². The molecule has 1 fully saturated rings. The summed E-state index contributed by atoms with van der Waals surface area (Å²) in [6.07, 6.45) is 3.87. The number of ether oxygens (including phenoxy) is 1. The zero-order valence-electron chi connectivity index (χ0n) is 13.6. The van der Waals surface area contributed by atoms with Gasteiger partial charge in [0.05, 0.1) is 0 Å². The molecule has 0 aromatic rings. The van der Waals surface area contributed by atoms with Gasteiger partial charge in [-0.2, -0.15) is 0 Å². The standard InChI is InChI=1S/C16H32N2O2/c1-4-20-13-7-5-6-8-16(19)18-11-9-17(10-12-18)14-15(2)3/h15H,4-14H2,1-3H3. The lowest BCUT2D eigenvalue weighted by Crippen LogP contribution is -2.49. The Bertz CT molecular complexity index is 261. The van der Waals surface area contributed by atoms with Gasteiger partial charge in [-0.1, -0.05) is 20.3 Å². The molecule has 1 heterocycles. The van der Waals surface area contributed by atoms with E-state index in [9.17, 15) is 4.79 Å². The normalized spacial score (nSPS) is 16.9. The lowest BCUT2D eigenvalue weighted by Gasteiger charge is -2.35. The van der Waals surface area contributed by atoms with E-state index in [1.807, 2.05) is 11.8 Å². The van der Waals surface area contributed by atoms with Crippen molar-refractivity contribution in [3.05, 3.63) is 0 Å². The summed E-state index contributed by atoms with van der Waals surface area (Å²) < 4.78 is 5.30. The van der Waals surface area contributed by atoms with Crippen LogP contribution < -0.4 is 0 Å². The van der Waals surface area contributed by atoms with Gasteiger partial charge in [-0.25, -0.2) is 0 Å². The Morgan fingerprint density at radius 1 is 1.10 bits per heavy atom. The second kappa shape index (κ2) is 10.2. The molecule has 0 N–H and O–H groups in total. The van der Waals surface area contributed by atoms with E-state index in [1.165, 1.54) is 0 Å². The second-order valence-corrected chi connectivity index (χ2v) is 6.08. The van der Waals surface area contributed by atoms with E-state index in [0.29, 0.717) is 18.2 Å². The van der Waals surface area contributed by atoms with Crippen molar-refractivity contribution in [2.24, 2.45) is 5.92 Å². The summed E-state index contributed by atoms with van der Waals surface area (Å²) in [6.45, 7) is 13.2. The molecule has 0 spiro atoms. The molecule has 0 unspecified atom stereocenters. The number of carbonyl (C=O) groups excluding carboxylic acids is 1. The van der Waals surface area contributed by atoms with Crippen LogP contribution in [0.3, 0.4) is 0 Å². The summed E-state index contributed by atoms with van der Waals surface area (Å²) in [5, 5.41) is 0. The maximum atomic E-state index is 12.1. The highest BCUT2D eigenvalue weighted by atomic mass is 16.5. The van der Waals surface area contributed by atoms with Gasteiger partial charge >= 0.3 is 0 Å². The minimum atomic E-state index is 0.339. The van der Waals surface area contributed by atoms with Gasteiger partial charge < -0.3 is 9.64 Å². The predicted molar refractivity (Wildman–Crippen MR) is 82.8 cm³/mol. The number of nitrogens with zero attached hydrogens (tertiary/aromatic N) is 2. The molecule has 1 saturated heterocycles. The minimum Gasteiger partial charge on any atom is -0.382 e. The first-order chi connectivity index (χ1) is 9.63. The third-order valence-corrected chi connectivity index (χ3v) is 3.73. The van der Waals surface area contributed by atoms with Gasteiger partial charge in [0.25, 0.3) is 0 Å². The number of carbonyl (C=O) groups is 1. The van der Waals surface area contributed by atoms with Crippen LogP contribution in [0.15, 0.2) is 0 Å². The quantitative estimate of drug-likeness (QED) is 0.609.